The summed E-state index contributed by atoms with van der Waals surface area (Å²) < 4.78 is 11.9. The zero-order chi connectivity index (χ0) is 47.6. The van der Waals surface area contributed by atoms with Crippen LogP contribution in [0.1, 0.15) is 108 Å². The van der Waals surface area contributed by atoms with Gasteiger partial charge in [-0.05, 0) is 156 Å². The number of hydrogen-bond acceptors (Lipinski definition) is 10. The Morgan fingerprint density at radius 1 is 1.06 bits per heavy atom. The van der Waals surface area contributed by atoms with Crippen LogP contribution >= 0.6 is 0 Å². The summed E-state index contributed by atoms with van der Waals surface area (Å²) in [6.07, 6.45) is 26.9. The van der Waals surface area contributed by atoms with Gasteiger partial charge in [0.2, 0.25) is 0 Å². The van der Waals surface area contributed by atoms with Crippen molar-refractivity contribution in [3.8, 4) is 0 Å². The van der Waals surface area contributed by atoms with Crippen LogP contribution in [0.15, 0.2) is 95.2 Å². The van der Waals surface area contributed by atoms with E-state index in [4.69, 9.17) is 16.1 Å². The molecule has 10 heteroatoms. The first kappa shape index (κ1) is 51.8. The summed E-state index contributed by atoms with van der Waals surface area (Å²) in [6, 6.07) is 9.26. The van der Waals surface area contributed by atoms with E-state index in [1.165, 1.54) is 48.8 Å². The van der Waals surface area contributed by atoms with E-state index < -0.39 is 35.7 Å². The van der Waals surface area contributed by atoms with Crippen molar-refractivity contribution >= 4 is 6.29 Å². The molecule has 0 amide bonds. The summed E-state index contributed by atoms with van der Waals surface area (Å²) in [6.45, 7) is 8.37. The minimum Gasteiger partial charge on any atom is -0.396 e. The van der Waals surface area contributed by atoms with Gasteiger partial charge < -0.3 is 45.6 Å². The van der Waals surface area contributed by atoms with Gasteiger partial charge in [0.05, 0.1) is 31.5 Å². The number of hydrogen-bond donors (Lipinski definition) is 7. The Kier molecular flexibility index (Phi) is 18.3. The zero-order valence-electron chi connectivity index (χ0n) is 41.0. The minimum absolute atomic E-state index is 0.0168. The van der Waals surface area contributed by atoms with Crippen LogP contribution < -0.4 is 10.6 Å². The van der Waals surface area contributed by atoms with Gasteiger partial charge in [0.15, 0.2) is 0 Å². The molecule has 3 saturated carbocycles. The number of fused-ring (bicyclic) bond motifs is 6. The van der Waals surface area contributed by atoms with Crippen LogP contribution in [0.5, 0.6) is 0 Å². The maximum absolute atomic E-state index is 13.1. The number of nitrogens with one attached hydrogen (secondary N) is 2. The van der Waals surface area contributed by atoms with Crippen molar-refractivity contribution < 1.29 is 39.8 Å². The lowest BCUT2D eigenvalue weighted by atomic mass is 9.45. The number of ether oxygens (including phenoxy) is 2. The molecule has 1 heterocycles. The third-order valence-corrected chi connectivity index (χ3v) is 17.5. The van der Waals surface area contributed by atoms with Crippen molar-refractivity contribution in [2.75, 3.05) is 60.3 Å². The zero-order valence-corrected chi connectivity index (χ0v) is 41.0. The lowest BCUT2D eigenvalue weighted by Crippen LogP contribution is -2.65. The molecule has 7 N–H and O–H groups in total. The number of rotatable bonds is 19. The quantitative estimate of drug-likeness (QED) is 0.0325. The van der Waals surface area contributed by atoms with Gasteiger partial charge in [0.25, 0.3) is 0 Å². The maximum Gasteiger partial charge on any atom is 0.145 e. The highest BCUT2D eigenvalue weighted by molar-refractivity contribution is 5.74. The van der Waals surface area contributed by atoms with Crippen LogP contribution in [0.25, 0.3) is 0 Å². The summed E-state index contributed by atoms with van der Waals surface area (Å²) in [5, 5.41) is 63.8. The number of carbonyl (C=O) groups is 1. The normalized spacial score (nSPS) is 35.0. The van der Waals surface area contributed by atoms with E-state index in [0.717, 1.165) is 74.7 Å². The average molecular weight is 925 g/mol. The molecule has 6 aliphatic rings. The first-order valence-electron chi connectivity index (χ1n) is 25.9. The lowest BCUT2D eigenvalue weighted by molar-refractivity contribution is -0.194. The Hall–Kier alpha value is -3.03. The highest BCUT2D eigenvalue weighted by Crippen LogP contribution is 2.67. The first-order valence-corrected chi connectivity index (χ1v) is 25.9. The number of methoxy groups -OCH3 is 1. The number of aliphatic hydroxyl groups excluding tert-OH is 4. The lowest BCUT2D eigenvalue weighted by Gasteiger charge is -2.61. The van der Waals surface area contributed by atoms with E-state index in [1.807, 2.05) is 33.2 Å². The second-order valence-electron chi connectivity index (χ2n) is 21.4. The van der Waals surface area contributed by atoms with Gasteiger partial charge in [0.1, 0.15) is 12.4 Å². The van der Waals surface area contributed by atoms with Crippen LogP contribution in [0.2, 0.25) is 0 Å². The molecule has 1 aliphatic heterocycles. The Bertz CT molecular complexity index is 1980. The molecule has 5 aliphatic carbocycles. The van der Waals surface area contributed by atoms with Crippen LogP contribution in [0, 0.1) is 46.8 Å². The molecule has 67 heavy (non-hydrogen) atoms. The van der Waals surface area contributed by atoms with E-state index >= 15 is 0 Å². The molecular weight excluding hydrogens is 841 g/mol. The van der Waals surface area contributed by atoms with Gasteiger partial charge in [-0.25, -0.2) is 0 Å². The molecule has 3 fully saturated rings. The molecule has 0 saturated heterocycles. The maximum atomic E-state index is 13.1. The predicted octanol–water partition coefficient (Wildman–Crippen LogP) is 7.30. The summed E-state index contributed by atoms with van der Waals surface area (Å²) in [5.74, 6) is 0.0732. The molecule has 11 atom stereocenters. The molecule has 10 nitrogen and oxygen atoms in total. The fourth-order valence-electron chi connectivity index (χ4n) is 14.2. The fourth-order valence-corrected chi connectivity index (χ4v) is 14.2. The van der Waals surface area contributed by atoms with Gasteiger partial charge >= 0.3 is 0 Å². The van der Waals surface area contributed by atoms with E-state index in [1.54, 1.807) is 0 Å². The Balaban J connectivity index is 1.21. The molecule has 370 valence electrons. The van der Waals surface area contributed by atoms with E-state index in [0.29, 0.717) is 56.1 Å². The van der Waals surface area contributed by atoms with Crippen molar-refractivity contribution in [1.29, 1.82) is 0 Å². The van der Waals surface area contributed by atoms with Crippen molar-refractivity contribution in [1.82, 2.24) is 10.6 Å². The number of aliphatic hydroxyl groups is 5. The third kappa shape index (κ3) is 11.3. The number of aldehydes is 1. The van der Waals surface area contributed by atoms with Crippen LogP contribution in [-0.4, -0.2) is 115 Å². The molecule has 6 bridgehead atoms. The van der Waals surface area contributed by atoms with Crippen LogP contribution in [-0.2, 0) is 27.1 Å². The van der Waals surface area contributed by atoms with Gasteiger partial charge in [-0.1, -0.05) is 103 Å². The molecular formula is C57H84N2O8. The standard InChI is InChI=1S/C57H84N2O8/c1-39(51-31-41-12-9-13-42(29-41)32-55(25-28-66-4,48-17-6-5-7-18-48)59-34-43-14-10-15-45(51)30-43)11-8-16-47(37-67-38-49(63)36-62)50-21-23-57(54(50)64)53-44(22-27-60)19-20-46(52(53)40(2)35-61)33-56(57,65)24-26-58-3/h8-9,11-13,16,19-20,29-30,35,44-46,48-51,53-54,58-60,62-65H,1,5-7,10,14-15,17-18,21-28,31-34,36-38H2,2-4H3. The highest BCUT2D eigenvalue weighted by Gasteiger charge is 2.68. The van der Waals surface area contributed by atoms with Crippen molar-refractivity contribution in [3.05, 3.63) is 106 Å². The number of allylic oxidation sites excluding steroid dienone is 9. The number of benzene rings is 1. The SMILES string of the molecule is C=C(C=CC=C(COCC(O)CO)C1CCC2(C1O)C1C(=C(C)C=O)C(C=CC1CCO)CC2(O)CCNC)C1Cc2cccc(c2)CC(CCOC)(C2CCCCC2)NCC2=CC1CCC2. The van der Waals surface area contributed by atoms with Crippen LogP contribution in [0.4, 0.5) is 0 Å². The molecule has 7 rings (SSSR count). The second kappa shape index (κ2) is 23.7. The van der Waals surface area contributed by atoms with Gasteiger partial charge in [0, 0.05) is 49.7 Å². The highest BCUT2D eigenvalue weighted by atomic mass is 16.5. The second-order valence-corrected chi connectivity index (χ2v) is 21.4. The summed E-state index contributed by atoms with van der Waals surface area (Å²) in [7, 11) is 3.70. The molecule has 1 aromatic rings. The number of carbonyl (C=O) groups excluding carboxylic acids is 1. The smallest absolute Gasteiger partial charge is 0.145 e. The van der Waals surface area contributed by atoms with E-state index in [-0.39, 0.29) is 49.0 Å². The van der Waals surface area contributed by atoms with Crippen molar-refractivity contribution in [3.63, 3.8) is 0 Å². The Morgan fingerprint density at radius 3 is 2.61 bits per heavy atom. The van der Waals surface area contributed by atoms with Gasteiger partial charge in [-0.3, -0.25) is 4.79 Å². The molecule has 0 radical (unpaired) electrons. The van der Waals surface area contributed by atoms with Gasteiger partial charge in [-0.15, -0.1) is 0 Å². The van der Waals surface area contributed by atoms with E-state index in [9.17, 15) is 30.3 Å². The first-order chi connectivity index (χ1) is 32.5. The third-order valence-electron chi connectivity index (χ3n) is 17.5. The Morgan fingerprint density at radius 2 is 1.87 bits per heavy atom. The van der Waals surface area contributed by atoms with Crippen molar-refractivity contribution in [2.24, 2.45) is 46.8 Å². The van der Waals surface area contributed by atoms with Gasteiger partial charge in [-0.2, -0.15) is 0 Å². The summed E-state index contributed by atoms with van der Waals surface area (Å²) in [4.78, 5) is 12.5. The summed E-state index contributed by atoms with van der Waals surface area (Å²) >= 11 is 0. The summed E-state index contributed by atoms with van der Waals surface area (Å²) in [5.41, 5.74) is 5.40. The molecule has 11 unspecified atom stereocenters. The average Bonchev–Trinajstić information content (AvgIpc) is 3.69. The molecule has 1 spiro atoms. The Labute approximate surface area is 401 Å². The molecule has 1 aromatic carbocycles. The monoisotopic (exact) mass is 925 g/mol. The largest absolute Gasteiger partial charge is 0.396 e. The van der Waals surface area contributed by atoms with E-state index in [2.05, 4.69) is 59.2 Å². The minimum atomic E-state index is -1.26. The fraction of sp³-hybridized carbons (Fsp3) is 0.667. The van der Waals surface area contributed by atoms with Crippen molar-refractivity contribution in [2.45, 2.75) is 133 Å². The molecule has 0 aromatic heterocycles. The predicted molar refractivity (Wildman–Crippen MR) is 266 cm³/mol. The topological polar surface area (TPSA) is 161 Å². The van der Waals surface area contributed by atoms with Crippen LogP contribution in [0.3, 0.4) is 0 Å².